The molecule has 0 saturated carbocycles. The second-order valence-corrected chi connectivity index (χ2v) is 5.55. The molecule has 0 aliphatic heterocycles. The lowest BCUT2D eigenvalue weighted by Crippen LogP contribution is -2.30. The molecule has 1 N–H and O–H groups in total. The van der Waals surface area contributed by atoms with Crippen LogP contribution < -0.4 is 0 Å². The SMILES string of the molecule is CC(C)CC(F)(F)CCC(C)C(C)(C)O. The minimum atomic E-state index is -2.59. The average molecular weight is 222 g/mol. The minimum Gasteiger partial charge on any atom is -0.390 e. The van der Waals surface area contributed by atoms with Gasteiger partial charge in [-0.2, -0.15) is 0 Å². The number of hydrogen-bond donors (Lipinski definition) is 1. The van der Waals surface area contributed by atoms with Gasteiger partial charge in [0, 0.05) is 12.8 Å². The molecule has 0 rings (SSSR count). The van der Waals surface area contributed by atoms with Gasteiger partial charge in [0.25, 0.3) is 0 Å². The summed E-state index contributed by atoms with van der Waals surface area (Å²) in [4.78, 5) is 0. The molecule has 0 spiro atoms. The number of aliphatic hydroxyl groups is 1. The zero-order chi connectivity index (χ0) is 12.3. The summed E-state index contributed by atoms with van der Waals surface area (Å²) in [5.74, 6) is -2.68. The van der Waals surface area contributed by atoms with Crippen molar-refractivity contribution in [3.05, 3.63) is 0 Å². The Morgan fingerprint density at radius 3 is 1.93 bits per heavy atom. The molecule has 0 radical (unpaired) electrons. The molecule has 15 heavy (non-hydrogen) atoms. The van der Waals surface area contributed by atoms with Gasteiger partial charge < -0.3 is 5.11 Å². The second kappa shape index (κ2) is 5.24. The first-order valence-corrected chi connectivity index (χ1v) is 5.65. The van der Waals surface area contributed by atoms with Gasteiger partial charge in [0.15, 0.2) is 0 Å². The van der Waals surface area contributed by atoms with Gasteiger partial charge in [-0.05, 0) is 32.1 Å². The van der Waals surface area contributed by atoms with Gasteiger partial charge in [0.2, 0.25) is 5.92 Å². The number of alkyl halides is 2. The van der Waals surface area contributed by atoms with Gasteiger partial charge in [-0.15, -0.1) is 0 Å². The van der Waals surface area contributed by atoms with Crippen LogP contribution >= 0.6 is 0 Å². The molecular weight excluding hydrogens is 198 g/mol. The van der Waals surface area contributed by atoms with Gasteiger partial charge >= 0.3 is 0 Å². The first kappa shape index (κ1) is 14.8. The lowest BCUT2D eigenvalue weighted by atomic mass is 9.87. The monoisotopic (exact) mass is 222 g/mol. The van der Waals surface area contributed by atoms with E-state index in [0.717, 1.165) is 0 Å². The van der Waals surface area contributed by atoms with Gasteiger partial charge in [0.1, 0.15) is 0 Å². The molecule has 1 nitrogen and oxygen atoms in total. The Balaban J connectivity index is 4.04. The summed E-state index contributed by atoms with van der Waals surface area (Å²) >= 11 is 0. The number of rotatable bonds is 6. The quantitative estimate of drug-likeness (QED) is 0.723. The Hall–Kier alpha value is -0.180. The summed E-state index contributed by atoms with van der Waals surface area (Å²) in [5.41, 5.74) is -0.867. The van der Waals surface area contributed by atoms with Crippen LogP contribution in [0.1, 0.15) is 53.9 Å². The van der Waals surface area contributed by atoms with Crippen LogP contribution in [-0.2, 0) is 0 Å². The van der Waals surface area contributed by atoms with Gasteiger partial charge in [-0.25, -0.2) is 8.78 Å². The van der Waals surface area contributed by atoms with Crippen LogP contribution in [0.2, 0.25) is 0 Å². The fraction of sp³-hybridized carbons (Fsp3) is 1.00. The zero-order valence-corrected chi connectivity index (χ0v) is 10.5. The number of hydrogen-bond acceptors (Lipinski definition) is 1. The predicted octanol–water partition coefficient (Wildman–Crippen LogP) is 3.86. The van der Waals surface area contributed by atoms with E-state index in [0.29, 0.717) is 6.42 Å². The molecule has 0 aromatic carbocycles. The van der Waals surface area contributed by atoms with Crippen LogP contribution in [0.25, 0.3) is 0 Å². The van der Waals surface area contributed by atoms with Gasteiger partial charge in [-0.1, -0.05) is 20.8 Å². The highest BCUT2D eigenvalue weighted by Gasteiger charge is 2.32. The lowest BCUT2D eigenvalue weighted by molar-refractivity contribution is -0.0455. The molecule has 0 aromatic heterocycles. The smallest absolute Gasteiger partial charge is 0.248 e. The third-order valence-electron chi connectivity index (χ3n) is 2.86. The van der Waals surface area contributed by atoms with Crippen LogP contribution in [0, 0.1) is 11.8 Å². The van der Waals surface area contributed by atoms with E-state index in [1.54, 1.807) is 27.7 Å². The second-order valence-electron chi connectivity index (χ2n) is 5.55. The molecule has 3 heteroatoms. The van der Waals surface area contributed by atoms with Crippen molar-refractivity contribution in [2.45, 2.75) is 65.4 Å². The van der Waals surface area contributed by atoms with Crippen molar-refractivity contribution < 1.29 is 13.9 Å². The molecular formula is C12H24F2O. The third kappa shape index (κ3) is 6.82. The summed E-state index contributed by atoms with van der Waals surface area (Å²) in [6.45, 7) is 8.74. The van der Waals surface area contributed by atoms with Crippen LogP contribution in [0.15, 0.2) is 0 Å². The summed E-state index contributed by atoms with van der Waals surface area (Å²) in [5, 5.41) is 9.62. The first-order valence-electron chi connectivity index (χ1n) is 5.65. The zero-order valence-electron chi connectivity index (χ0n) is 10.5. The predicted molar refractivity (Wildman–Crippen MR) is 59.1 cm³/mol. The molecule has 0 fully saturated rings. The normalized spacial score (nSPS) is 15.8. The van der Waals surface area contributed by atoms with Crippen molar-refractivity contribution in [2.75, 3.05) is 0 Å². The van der Waals surface area contributed by atoms with E-state index in [4.69, 9.17) is 0 Å². The highest BCUT2D eigenvalue weighted by Crippen LogP contribution is 2.32. The Morgan fingerprint density at radius 2 is 1.60 bits per heavy atom. The largest absolute Gasteiger partial charge is 0.390 e. The molecule has 0 heterocycles. The highest BCUT2D eigenvalue weighted by atomic mass is 19.3. The summed E-state index contributed by atoms with van der Waals surface area (Å²) in [6.07, 6.45) is 0.172. The van der Waals surface area contributed by atoms with E-state index in [9.17, 15) is 13.9 Å². The van der Waals surface area contributed by atoms with Gasteiger partial charge in [-0.3, -0.25) is 0 Å². The Bertz CT molecular complexity index is 183. The standard InChI is InChI=1S/C12H24F2O/c1-9(2)8-12(13,14)7-6-10(3)11(4,5)15/h9-10,15H,6-8H2,1-5H3. The molecule has 0 aliphatic carbocycles. The van der Waals surface area contributed by atoms with Crippen LogP contribution in [-0.4, -0.2) is 16.6 Å². The van der Waals surface area contributed by atoms with E-state index in [2.05, 4.69) is 0 Å². The molecule has 0 aromatic rings. The Kier molecular flexibility index (Phi) is 5.18. The fourth-order valence-electron chi connectivity index (χ4n) is 1.48. The van der Waals surface area contributed by atoms with Gasteiger partial charge in [0.05, 0.1) is 5.60 Å². The summed E-state index contributed by atoms with van der Waals surface area (Å²) in [7, 11) is 0. The molecule has 0 aliphatic rings. The average Bonchev–Trinajstić information content (AvgIpc) is 1.95. The van der Waals surface area contributed by atoms with E-state index in [1.807, 2.05) is 6.92 Å². The lowest BCUT2D eigenvalue weighted by Gasteiger charge is -2.28. The summed E-state index contributed by atoms with van der Waals surface area (Å²) < 4.78 is 26.7. The van der Waals surface area contributed by atoms with Crippen LogP contribution in [0.5, 0.6) is 0 Å². The fourth-order valence-corrected chi connectivity index (χ4v) is 1.48. The van der Waals surface area contributed by atoms with Crippen molar-refractivity contribution in [2.24, 2.45) is 11.8 Å². The number of halogens is 2. The van der Waals surface area contributed by atoms with E-state index < -0.39 is 11.5 Å². The maximum absolute atomic E-state index is 13.3. The van der Waals surface area contributed by atoms with E-state index >= 15 is 0 Å². The van der Waals surface area contributed by atoms with Crippen LogP contribution in [0.3, 0.4) is 0 Å². The summed E-state index contributed by atoms with van der Waals surface area (Å²) in [6, 6.07) is 0. The Morgan fingerprint density at radius 1 is 1.13 bits per heavy atom. The van der Waals surface area contributed by atoms with E-state index in [-0.39, 0.29) is 24.7 Å². The highest BCUT2D eigenvalue weighted by molar-refractivity contribution is 4.77. The maximum atomic E-state index is 13.3. The topological polar surface area (TPSA) is 20.2 Å². The third-order valence-corrected chi connectivity index (χ3v) is 2.86. The molecule has 0 amide bonds. The van der Waals surface area contributed by atoms with Crippen molar-refractivity contribution >= 4 is 0 Å². The molecule has 1 unspecified atom stereocenters. The molecule has 0 saturated heterocycles. The first-order chi connectivity index (χ1) is 6.54. The molecule has 92 valence electrons. The van der Waals surface area contributed by atoms with E-state index in [1.165, 1.54) is 0 Å². The van der Waals surface area contributed by atoms with Crippen molar-refractivity contribution in [3.8, 4) is 0 Å². The maximum Gasteiger partial charge on any atom is 0.248 e. The Labute approximate surface area is 91.9 Å². The molecule has 1 atom stereocenters. The van der Waals surface area contributed by atoms with Crippen molar-refractivity contribution in [1.29, 1.82) is 0 Å². The van der Waals surface area contributed by atoms with Crippen molar-refractivity contribution in [3.63, 3.8) is 0 Å². The van der Waals surface area contributed by atoms with Crippen LogP contribution in [0.4, 0.5) is 8.78 Å². The van der Waals surface area contributed by atoms with Crippen molar-refractivity contribution in [1.82, 2.24) is 0 Å². The molecule has 0 bridgehead atoms. The minimum absolute atomic E-state index is 0.0115.